The summed E-state index contributed by atoms with van der Waals surface area (Å²) < 4.78 is 11.2. The highest BCUT2D eigenvalue weighted by Gasteiger charge is 2.65. The minimum atomic E-state index is -0.360. The van der Waals surface area contributed by atoms with Gasteiger partial charge < -0.3 is 14.6 Å². The monoisotopic (exact) mass is 460 g/mol. The third kappa shape index (κ3) is 4.17. The molecular formula is C28H44O5. The van der Waals surface area contributed by atoms with Crippen molar-refractivity contribution in [3.8, 4) is 0 Å². The van der Waals surface area contributed by atoms with Crippen molar-refractivity contribution in [2.45, 2.75) is 98.2 Å². The molecule has 4 aliphatic rings. The summed E-state index contributed by atoms with van der Waals surface area (Å²) in [7, 11) is 0. The molecule has 0 heterocycles. The molecule has 0 spiro atoms. The predicted octanol–water partition coefficient (Wildman–Crippen LogP) is 5.30. The van der Waals surface area contributed by atoms with Gasteiger partial charge in [0.05, 0.1) is 12.7 Å². The van der Waals surface area contributed by atoms with E-state index in [1.54, 1.807) is 0 Å². The van der Waals surface area contributed by atoms with Crippen LogP contribution >= 0.6 is 0 Å². The van der Waals surface area contributed by atoms with E-state index in [2.05, 4.69) is 32.9 Å². The van der Waals surface area contributed by atoms with E-state index in [-0.39, 0.29) is 35.0 Å². The minimum Gasteiger partial charge on any atom is -0.466 e. The predicted molar refractivity (Wildman–Crippen MR) is 127 cm³/mol. The summed E-state index contributed by atoms with van der Waals surface area (Å²) in [6.45, 7) is 10.8. The SMILES string of the molecule is CCOC(=O)CC[C@@H](C)C1CC[C@H]2[C@@H]3[C@H](OC(C)=O)C[C@@H]4CC=CC[C@]4(C)[C@H]3C[C@H](O)[C@]12C. The van der Waals surface area contributed by atoms with E-state index in [1.807, 2.05) is 6.92 Å². The van der Waals surface area contributed by atoms with Crippen LogP contribution in [0, 0.1) is 46.3 Å². The van der Waals surface area contributed by atoms with Crippen LogP contribution in [0.1, 0.15) is 86.0 Å². The van der Waals surface area contributed by atoms with Gasteiger partial charge >= 0.3 is 11.9 Å². The van der Waals surface area contributed by atoms with E-state index in [4.69, 9.17) is 9.47 Å². The second-order valence-electron chi connectivity index (χ2n) is 11.9. The van der Waals surface area contributed by atoms with Crippen LogP contribution in [0.2, 0.25) is 0 Å². The normalized spacial score (nSPS) is 44.8. The van der Waals surface area contributed by atoms with Crippen molar-refractivity contribution in [1.82, 2.24) is 0 Å². The molecule has 0 amide bonds. The van der Waals surface area contributed by atoms with Gasteiger partial charge in [-0.05, 0) is 92.3 Å². The third-order valence-corrected chi connectivity index (χ3v) is 10.5. The first-order valence-corrected chi connectivity index (χ1v) is 13.3. The molecule has 0 aliphatic heterocycles. The van der Waals surface area contributed by atoms with Gasteiger partial charge in [0.15, 0.2) is 0 Å². The maximum absolute atomic E-state index is 12.1. The summed E-state index contributed by atoms with van der Waals surface area (Å²) in [5, 5.41) is 11.7. The number of allylic oxidation sites excluding steroid dienone is 2. The average molecular weight is 461 g/mol. The molecule has 4 rings (SSSR count). The van der Waals surface area contributed by atoms with Crippen molar-refractivity contribution in [2.75, 3.05) is 6.61 Å². The van der Waals surface area contributed by atoms with Gasteiger partial charge in [-0.1, -0.05) is 32.9 Å². The summed E-state index contributed by atoms with van der Waals surface area (Å²) in [4.78, 5) is 24.1. The van der Waals surface area contributed by atoms with Gasteiger partial charge in [0.2, 0.25) is 0 Å². The molecule has 0 radical (unpaired) electrons. The number of carbonyl (C=O) groups is 2. The molecule has 0 saturated heterocycles. The van der Waals surface area contributed by atoms with Crippen LogP contribution in [-0.4, -0.2) is 35.9 Å². The van der Waals surface area contributed by atoms with Crippen molar-refractivity contribution in [1.29, 1.82) is 0 Å². The summed E-state index contributed by atoms with van der Waals surface area (Å²) in [5.74, 6) is 1.91. The maximum atomic E-state index is 12.1. The lowest BCUT2D eigenvalue weighted by atomic mass is 9.43. The Kier molecular flexibility index (Phi) is 7.02. The second kappa shape index (κ2) is 9.36. The largest absolute Gasteiger partial charge is 0.466 e. The number of esters is 2. The Bertz CT molecular complexity index is 776. The van der Waals surface area contributed by atoms with Crippen molar-refractivity contribution < 1.29 is 24.2 Å². The second-order valence-corrected chi connectivity index (χ2v) is 11.9. The van der Waals surface area contributed by atoms with E-state index < -0.39 is 0 Å². The standard InChI is InChI=1S/C28H44O5/c1-6-32-25(31)13-10-17(2)20-11-12-21-26-22(16-24(30)28(20,21)5)27(4)14-8-7-9-19(27)15-23(26)33-18(3)29/h7-8,17,19-24,26,30H,6,9-16H2,1-5H3/t17-,19+,20?,21+,22+,23-,24+,26+,27+,28-/m1/s1. The Morgan fingerprint density at radius 1 is 1.15 bits per heavy atom. The van der Waals surface area contributed by atoms with Crippen molar-refractivity contribution in [2.24, 2.45) is 46.3 Å². The van der Waals surface area contributed by atoms with Gasteiger partial charge in [0, 0.05) is 19.3 Å². The molecule has 0 aromatic carbocycles. The van der Waals surface area contributed by atoms with Gasteiger partial charge in [0.1, 0.15) is 6.10 Å². The smallest absolute Gasteiger partial charge is 0.305 e. The van der Waals surface area contributed by atoms with Crippen LogP contribution in [0.15, 0.2) is 12.2 Å². The molecule has 5 heteroatoms. The molecule has 186 valence electrons. The first-order valence-electron chi connectivity index (χ1n) is 13.3. The Balaban J connectivity index is 1.61. The van der Waals surface area contributed by atoms with E-state index >= 15 is 0 Å². The molecule has 3 fully saturated rings. The molecular weight excluding hydrogens is 416 g/mol. The number of hydrogen-bond acceptors (Lipinski definition) is 5. The molecule has 5 nitrogen and oxygen atoms in total. The minimum absolute atomic E-state index is 0.0533. The Hall–Kier alpha value is -1.36. The van der Waals surface area contributed by atoms with Gasteiger partial charge in [-0.15, -0.1) is 0 Å². The van der Waals surface area contributed by atoms with Crippen LogP contribution in [0.25, 0.3) is 0 Å². The number of carbonyl (C=O) groups excluding carboxylic acids is 2. The molecule has 4 aliphatic carbocycles. The molecule has 10 atom stereocenters. The maximum Gasteiger partial charge on any atom is 0.305 e. The summed E-state index contributed by atoms with van der Waals surface area (Å²) in [6, 6.07) is 0. The van der Waals surface area contributed by atoms with E-state index in [0.717, 1.165) is 44.9 Å². The van der Waals surface area contributed by atoms with Gasteiger partial charge in [-0.2, -0.15) is 0 Å². The first-order chi connectivity index (χ1) is 15.6. The molecule has 1 unspecified atom stereocenters. The highest BCUT2D eigenvalue weighted by Crippen LogP contribution is 2.68. The zero-order valence-corrected chi connectivity index (χ0v) is 21.2. The van der Waals surface area contributed by atoms with E-state index in [0.29, 0.717) is 48.5 Å². The van der Waals surface area contributed by atoms with Gasteiger partial charge in [-0.25, -0.2) is 0 Å². The zero-order chi connectivity index (χ0) is 24.0. The number of hydrogen-bond donors (Lipinski definition) is 1. The molecule has 0 aromatic heterocycles. The molecule has 0 bridgehead atoms. The Morgan fingerprint density at radius 2 is 1.91 bits per heavy atom. The van der Waals surface area contributed by atoms with Crippen LogP contribution < -0.4 is 0 Å². The van der Waals surface area contributed by atoms with Crippen LogP contribution in [0.5, 0.6) is 0 Å². The quantitative estimate of drug-likeness (QED) is 0.430. The number of fused-ring (bicyclic) bond motifs is 5. The van der Waals surface area contributed by atoms with Crippen LogP contribution in [-0.2, 0) is 19.1 Å². The summed E-state index contributed by atoms with van der Waals surface area (Å²) >= 11 is 0. The number of aliphatic hydroxyl groups is 1. The fourth-order valence-electron chi connectivity index (χ4n) is 8.82. The van der Waals surface area contributed by atoms with Crippen molar-refractivity contribution in [3.63, 3.8) is 0 Å². The lowest BCUT2D eigenvalue weighted by Crippen LogP contribution is -2.62. The summed E-state index contributed by atoms with van der Waals surface area (Å²) in [6.07, 6.45) is 11.4. The number of rotatable bonds is 6. The number of aliphatic hydroxyl groups excluding tert-OH is 1. The number of ether oxygens (including phenoxy) is 2. The highest BCUT2D eigenvalue weighted by molar-refractivity contribution is 5.69. The lowest BCUT2D eigenvalue weighted by Gasteiger charge is -2.63. The third-order valence-electron chi connectivity index (χ3n) is 10.5. The molecule has 1 N–H and O–H groups in total. The lowest BCUT2D eigenvalue weighted by molar-refractivity contribution is -0.206. The fourth-order valence-corrected chi connectivity index (χ4v) is 8.82. The van der Waals surface area contributed by atoms with Gasteiger partial charge in [-0.3, -0.25) is 9.59 Å². The Labute approximate surface area is 199 Å². The first kappa shape index (κ1) is 24.8. The molecule has 0 aromatic rings. The van der Waals surface area contributed by atoms with Gasteiger partial charge in [0.25, 0.3) is 0 Å². The van der Waals surface area contributed by atoms with Crippen molar-refractivity contribution >= 4 is 11.9 Å². The fraction of sp³-hybridized carbons (Fsp3) is 0.857. The Morgan fingerprint density at radius 3 is 2.61 bits per heavy atom. The summed E-state index contributed by atoms with van der Waals surface area (Å²) in [5.41, 5.74) is -0.0483. The van der Waals surface area contributed by atoms with Crippen LogP contribution in [0.3, 0.4) is 0 Å². The van der Waals surface area contributed by atoms with E-state index in [9.17, 15) is 14.7 Å². The topological polar surface area (TPSA) is 72.8 Å². The average Bonchev–Trinajstić information content (AvgIpc) is 3.11. The zero-order valence-electron chi connectivity index (χ0n) is 21.2. The molecule has 3 saturated carbocycles. The van der Waals surface area contributed by atoms with Crippen LogP contribution in [0.4, 0.5) is 0 Å². The van der Waals surface area contributed by atoms with Crippen molar-refractivity contribution in [3.05, 3.63) is 12.2 Å². The van der Waals surface area contributed by atoms with E-state index in [1.165, 1.54) is 6.92 Å². The highest BCUT2D eigenvalue weighted by atomic mass is 16.5. The molecule has 33 heavy (non-hydrogen) atoms.